The van der Waals surface area contributed by atoms with Crippen LogP contribution in [0, 0.1) is 5.41 Å². The van der Waals surface area contributed by atoms with Crippen LogP contribution in [-0.2, 0) is 32.7 Å². The lowest BCUT2D eigenvalue weighted by Crippen LogP contribution is -2.39. The molecule has 0 aliphatic carbocycles. The van der Waals surface area contributed by atoms with Gasteiger partial charge in [0.1, 0.15) is 18.2 Å². The number of nitrogens with two attached hydrogens (primary N) is 1. The first-order valence-electron chi connectivity index (χ1n) is 12.8. The number of thioether (sulfide) groups is 1. The Hall–Kier alpha value is -2.11. The Balaban J connectivity index is 1.77. The quantitative estimate of drug-likeness (QED) is 0.112. The number of imidazole rings is 1. The molecule has 3 rings (SSSR count). The first kappa shape index (κ1) is 34.4. The predicted octanol–water partition coefficient (Wildman–Crippen LogP) is 2.24. The Labute approximate surface area is 249 Å². The number of rotatable bonds is 12. The van der Waals surface area contributed by atoms with Crippen LogP contribution < -0.4 is 16.4 Å². The maximum absolute atomic E-state index is 15.6. The molecule has 1 saturated heterocycles. The van der Waals surface area contributed by atoms with Crippen molar-refractivity contribution in [1.29, 1.82) is 0 Å². The van der Waals surface area contributed by atoms with E-state index in [2.05, 4.69) is 20.0 Å². The van der Waals surface area contributed by atoms with E-state index in [1.165, 1.54) is 6.92 Å². The summed E-state index contributed by atoms with van der Waals surface area (Å²) in [6, 6.07) is -1.16. The summed E-state index contributed by atoms with van der Waals surface area (Å²) < 4.78 is 51.9. The van der Waals surface area contributed by atoms with Crippen LogP contribution in [0.15, 0.2) is 11.1 Å². The van der Waals surface area contributed by atoms with Gasteiger partial charge in [-0.25, -0.2) is 19.0 Å². The molecule has 0 aromatic carbocycles. The predicted molar refractivity (Wildman–Crippen MR) is 152 cm³/mol. The maximum atomic E-state index is 15.6. The highest BCUT2D eigenvalue weighted by Crippen LogP contribution is 2.49. The number of nitrogen functional groups attached to an aromatic ring is 1. The first-order valence-corrected chi connectivity index (χ1v) is 15.7. The number of alkyl halides is 2. The third-order valence-electron chi connectivity index (χ3n) is 5.74. The van der Waals surface area contributed by atoms with Crippen LogP contribution in [0.25, 0.3) is 11.2 Å². The van der Waals surface area contributed by atoms with E-state index in [4.69, 9.17) is 35.9 Å². The zero-order valence-corrected chi connectivity index (χ0v) is 26.3. The van der Waals surface area contributed by atoms with Gasteiger partial charge in [0.25, 0.3) is 10.7 Å². The SMILES string of the molecule is CC(C)OC(=O)[C@H](C)N[P@@](=O)(OCCSC(=O)C(C)(C)C)OC[C@H]1O[C@@H](n2cnc3c(=O)[nH]c(N)nc32)[C@](F)(Cl)[C@@H]1O. The second kappa shape index (κ2) is 13.3. The van der Waals surface area contributed by atoms with Crippen LogP contribution in [0.4, 0.5) is 10.3 Å². The molecule has 0 saturated carbocycles. The molecule has 0 spiro atoms. The molecule has 236 valence electrons. The fourth-order valence-corrected chi connectivity index (χ4v) is 6.32. The molecule has 5 N–H and O–H groups in total. The van der Waals surface area contributed by atoms with Crippen LogP contribution in [-0.4, -0.2) is 84.2 Å². The number of fused-ring (bicyclic) bond motifs is 1. The summed E-state index contributed by atoms with van der Waals surface area (Å²) in [7, 11) is -4.35. The van der Waals surface area contributed by atoms with Gasteiger partial charge >= 0.3 is 13.7 Å². The van der Waals surface area contributed by atoms with Crippen molar-refractivity contribution in [1.82, 2.24) is 24.6 Å². The number of ether oxygens (including phenoxy) is 2. The van der Waals surface area contributed by atoms with Gasteiger partial charge in [0, 0.05) is 11.2 Å². The van der Waals surface area contributed by atoms with E-state index in [0.29, 0.717) is 0 Å². The number of hydrogen-bond donors (Lipinski definition) is 4. The van der Waals surface area contributed by atoms with Crippen LogP contribution in [0.1, 0.15) is 47.8 Å². The Kier molecular flexibility index (Phi) is 10.9. The van der Waals surface area contributed by atoms with Gasteiger partial charge in [-0.1, -0.05) is 44.1 Å². The zero-order chi connectivity index (χ0) is 31.6. The number of carbonyl (C=O) groups is 2. The monoisotopic (exact) mass is 656 g/mol. The normalized spacial score (nSPS) is 25.0. The number of aromatic amines is 1. The fourth-order valence-electron chi connectivity index (χ4n) is 3.64. The van der Waals surface area contributed by atoms with Crippen molar-refractivity contribution in [3.8, 4) is 0 Å². The van der Waals surface area contributed by atoms with Crippen molar-refractivity contribution in [2.75, 3.05) is 24.7 Å². The third kappa shape index (κ3) is 8.08. The first-order chi connectivity index (χ1) is 19.4. The van der Waals surface area contributed by atoms with E-state index in [1.807, 2.05) is 0 Å². The Bertz CT molecular complexity index is 1400. The molecular formula is C23H35ClFN6O9PS. The smallest absolute Gasteiger partial charge is 0.406 e. The summed E-state index contributed by atoms with van der Waals surface area (Å²) in [6.45, 7) is 8.93. The topological polar surface area (TPSA) is 210 Å². The molecule has 2 aromatic rings. The lowest BCUT2D eigenvalue weighted by atomic mass is 10.00. The van der Waals surface area contributed by atoms with E-state index in [1.54, 1.807) is 34.6 Å². The molecule has 2 aromatic heterocycles. The summed E-state index contributed by atoms with van der Waals surface area (Å²) in [5.74, 6) is -0.911. The Morgan fingerprint density at radius 3 is 2.67 bits per heavy atom. The summed E-state index contributed by atoms with van der Waals surface area (Å²) in [4.78, 5) is 46.7. The number of nitrogens with zero attached hydrogens (tertiary/aromatic N) is 3. The number of carbonyl (C=O) groups excluding carboxylic acids is 2. The van der Waals surface area contributed by atoms with Gasteiger partial charge in [0.2, 0.25) is 5.95 Å². The van der Waals surface area contributed by atoms with Crippen molar-refractivity contribution < 1.29 is 42.2 Å². The van der Waals surface area contributed by atoms with Crippen molar-refractivity contribution in [2.24, 2.45) is 5.41 Å². The minimum atomic E-state index is -4.35. The Morgan fingerprint density at radius 1 is 1.38 bits per heavy atom. The van der Waals surface area contributed by atoms with Gasteiger partial charge in [-0.2, -0.15) is 4.98 Å². The number of esters is 1. The van der Waals surface area contributed by atoms with E-state index in [9.17, 15) is 24.1 Å². The number of halogens is 2. The molecule has 42 heavy (non-hydrogen) atoms. The minimum absolute atomic E-state index is 0.110. The van der Waals surface area contributed by atoms with Crippen molar-refractivity contribution in [2.45, 2.75) is 77.3 Å². The van der Waals surface area contributed by atoms with Crippen LogP contribution in [0.2, 0.25) is 0 Å². The van der Waals surface area contributed by atoms with Gasteiger partial charge < -0.3 is 20.3 Å². The largest absolute Gasteiger partial charge is 0.462 e. The summed E-state index contributed by atoms with van der Waals surface area (Å²) in [5, 5.41) is 10.0. The maximum Gasteiger partial charge on any atom is 0.406 e. The average molecular weight is 657 g/mol. The van der Waals surface area contributed by atoms with Crippen LogP contribution >= 0.6 is 31.1 Å². The molecule has 15 nitrogen and oxygen atoms in total. The number of aliphatic hydroxyl groups excluding tert-OH is 1. The number of nitrogens with one attached hydrogen (secondary N) is 2. The summed E-state index contributed by atoms with van der Waals surface area (Å²) in [6.07, 6.45) is -4.71. The van der Waals surface area contributed by atoms with Crippen molar-refractivity contribution >= 4 is 59.3 Å². The molecule has 3 heterocycles. The van der Waals surface area contributed by atoms with E-state index < -0.39 is 67.0 Å². The lowest BCUT2D eigenvalue weighted by Gasteiger charge is -2.25. The van der Waals surface area contributed by atoms with Gasteiger partial charge in [-0.15, -0.1) is 0 Å². The Morgan fingerprint density at radius 2 is 2.05 bits per heavy atom. The number of hydrogen-bond acceptors (Lipinski definition) is 13. The molecule has 0 amide bonds. The summed E-state index contributed by atoms with van der Waals surface area (Å²) in [5.41, 5.74) is 3.96. The highest BCUT2D eigenvalue weighted by atomic mass is 35.5. The third-order valence-corrected chi connectivity index (χ3v) is 9.11. The zero-order valence-electron chi connectivity index (χ0n) is 23.8. The van der Waals surface area contributed by atoms with E-state index in [-0.39, 0.29) is 34.6 Å². The number of aliphatic hydroxyl groups is 1. The van der Waals surface area contributed by atoms with Crippen LogP contribution in [0.5, 0.6) is 0 Å². The minimum Gasteiger partial charge on any atom is -0.462 e. The van der Waals surface area contributed by atoms with E-state index in [0.717, 1.165) is 22.7 Å². The molecule has 1 fully saturated rings. The van der Waals surface area contributed by atoms with Gasteiger partial charge in [0.15, 0.2) is 22.5 Å². The molecule has 6 atom stereocenters. The molecule has 0 radical (unpaired) electrons. The highest BCUT2D eigenvalue weighted by Gasteiger charge is 2.58. The standard InChI is InChI=1S/C23H35ClFN6O9PS/c1-11(2)39-18(34)12(3)30-41(36,37-7-8-42-20(35)22(4,5)6)38-9-13-15(32)23(24,25)19(40-13)31-10-27-14-16(31)28-21(26)29-17(14)33/h10-13,15,19,32H,7-9H2,1-6H3,(H,30,36)(H3,26,28,29,33)/t12-,13+,15+,19+,23-,41+/m0/s1. The van der Waals surface area contributed by atoms with E-state index >= 15 is 4.39 Å². The number of aromatic nitrogens is 4. The van der Waals surface area contributed by atoms with Crippen molar-refractivity contribution in [3.05, 3.63) is 16.7 Å². The van der Waals surface area contributed by atoms with Gasteiger partial charge in [-0.05, 0) is 20.8 Å². The molecule has 1 aliphatic heterocycles. The second-order valence-corrected chi connectivity index (χ2v) is 14.2. The number of H-pyrrole nitrogens is 1. The number of anilines is 1. The molecular weight excluding hydrogens is 622 g/mol. The highest BCUT2D eigenvalue weighted by molar-refractivity contribution is 8.13. The molecule has 0 unspecified atom stereocenters. The van der Waals surface area contributed by atoms with Gasteiger partial charge in [0.05, 0.1) is 25.6 Å². The second-order valence-electron chi connectivity index (χ2n) is 10.8. The average Bonchev–Trinajstić information content (AvgIpc) is 3.37. The van der Waals surface area contributed by atoms with Crippen molar-refractivity contribution in [3.63, 3.8) is 0 Å². The summed E-state index contributed by atoms with van der Waals surface area (Å²) >= 11 is 7.00. The lowest BCUT2D eigenvalue weighted by molar-refractivity contribution is -0.149. The fraction of sp³-hybridized carbons (Fsp3) is 0.696. The molecule has 19 heteroatoms. The van der Waals surface area contributed by atoms with Gasteiger partial charge in [-0.3, -0.25) is 33.0 Å². The molecule has 1 aliphatic rings. The van der Waals surface area contributed by atoms with Crippen LogP contribution in [0.3, 0.4) is 0 Å². The molecule has 0 bridgehead atoms.